The van der Waals surface area contributed by atoms with Crippen LogP contribution in [0.2, 0.25) is 0 Å². The normalized spacial score (nSPS) is 9.00. The van der Waals surface area contributed by atoms with Gasteiger partial charge in [-0.15, -0.1) is 0 Å². The molecule has 1 aromatic rings. The van der Waals surface area contributed by atoms with E-state index in [0.717, 1.165) is 0 Å². The summed E-state index contributed by atoms with van der Waals surface area (Å²) in [6, 6.07) is 6.45. The standard InChI is InChI=1S/C8H7O3P.Na.H/c1-6(9)7-2-4-8(5-3-7)11-12-10;;/h2-5H,1H3;;. The molecule has 0 saturated carbocycles. The first-order chi connectivity index (χ1) is 5.74. The van der Waals surface area contributed by atoms with Gasteiger partial charge in [-0.05, 0) is 31.2 Å². The van der Waals surface area contributed by atoms with Crippen LogP contribution < -0.4 is 4.52 Å². The second kappa shape index (κ2) is 6.28. The fraction of sp³-hybridized carbons (Fsp3) is 0.125. The molecule has 3 nitrogen and oxygen atoms in total. The quantitative estimate of drug-likeness (QED) is 0.430. The van der Waals surface area contributed by atoms with Gasteiger partial charge in [0.1, 0.15) is 5.75 Å². The van der Waals surface area contributed by atoms with E-state index in [2.05, 4.69) is 4.52 Å². The third-order valence-corrected chi connectivity index (χ3v) is 1.69. The Hall–Kier alpha value is -0.210. The zero-order valence-corrected chi connectivity index (χ0v) is 7.38. The predicted octanol–water partition coefficient (Wildman–Crippen LogP) is 1.83. The fourth-order valence-electron chi connectivity index (χ4n) is 0.794. The monoisotopic (exact) mass is 206 g/mol. The van der Waals surface area contributed by atoms with Crippen LogP contribution in [-0.2, 0) is 4.57 Å². The van der Waals surface area contributed by atoms with E-state index in [1.54, 1.807) is 24.3 Å². The van der Waals surface area contributed by atoms with Crippen LogP contribution in [0.25, 0.3) is 0 Å². The van der Waals surface area contributed by atoms with Crippen LogP contribution >= 0.6 is 8.69 Å². The Labute approximate surface area is 100 Å². The number of hydrogen-bond donors (Lipinski definition) is 0. The van der Waals surface area contributed by atoms with Crippen LogP contribution in [0.5, 0.6) is 5.75 Å². The summed E-state index contributed by atoms with van der Waals surface area (Å²) in [7, 11) is -0.387. The summed E-state index contributed by atoms with van der Waals surface area (Å²) in [4.78, 5) is 10.8. The van der Waals surface area contributed by atoms with E-state index in [4.69, 9.17) is 0 Å². The number of ketones is 1. The van der Waals surface area contributed by atoms with Gasteiger partial charge in [-0.2, -0.15) is 0 Å². The van der Waals surface area contributed by atoms with Crippen molar-refractivity contribution in [2.75, 3.05) is 0 Å². The minimum atomic E-state index is -0.387. The van der Waals surface area contributed by atoms with Gasteiger partial charge in [0.25, 0.3) is 0 Å². The summed E-state index contributed by atoms with van der Waals surface area (Å²) in [6.45, 7) is 1.49. The topological polar surface area (TPSA) is 43.4 Å². The first-order valence-electron chi connectivity index (χ1n) is 3.34. The van der Waals surface area contributed by atoms with E-state index in [1.165, 1.54) is 6.92 Å². The molecular weight excluding hydrogens is 198 g/mol. The third-order valence-electron chi connectivity index (χ3n) is 1.40. The molecule has 0 radical (unpaired) electrons. The molecule has 0 saturated heterocycles. The van der Waals surface area contributed by atoms with E-state index in [9.17, 15) is 9.36 Å². The van der Waals surface area contributed by atoms with Crippen molar-refractivity contribution in [1.29, 1.82) is 0 Å². The molecule has 1 aromatic carbocycles. The molecule has 0 aliphatic rings. The maximum absolute atomic E-state index is 10.8. The Morgan fingerprint density at radius 2 is 1.85 bits per heavy atom. The summed E-state index contributed by atoms with van der Waals surface area (Å²) in [5.41, 5.74) is 0.616. The summed E-state index contributed by atoms with van der Waals surface area (Å²) in [5.74, 6) is 0.484. The average Bonchev–Trinajstić information content (AvgIpc) is 2.06. The molecule has 64 valence electrons. The first kappa shape index (κ1) is 12.8. The van der Waals surface area contributed by atoms with E-state index in [-0.39, 0.29) is 44.0 Å². The molecule has 1 rings (SSSR count). The van der Waals surface area contributed by atoms with Gasteiger partial charge in [-0.25, -0.2) is 4.57 Å². The Kier molecular flexibility index (Phi) is 6.17. The second-order valence-electron chi connectivity index (χ2n) is 2.25. The SMILES string of the molecule is CC(=O)c1ccc(OP=O)cc1.[NaH]. The van der Waals surface area contributed by atoms with Crippen molar-refractivity contribution < 1.29 is 13.9 Å². The van der Waals surface area contributed by atoms with Gasteiger partial charge in [-0.3, -0.25) is 4.79 Å². The molecule has 0 N–H and O–H groups in total. The first-order valence-corrected chi connectivity index (χ1v) is 4.08. The molecule has 5 heteroatoms. The van der Waals surface area contributed by atoms with Crippen LogP contribution in [-0.4, -0.2) is 35.3 Å². The number of Topliss-reactive ketones (excluding diaryl/α,β-unsaturated/α-hetero) is 1. The van der Waals surface area contributed by atoms with Crippen molar-refractivity contribution in [3.63, 3.8) is 0 Å². The van der Waals surface area contributed by atoms with E-state index in [0.29, 0.717) is 11.3 Å². The zero-order valence-electron chi connectivity index (χ0n) is 6.48. The Morgan fingerprint density at radius 3 is 2.23 bits per heavy atom. The molecule has 0 heterocycles. The summed E-state index contributed by atoms with van der Waals surface area (Å²) in [6.07, 6.45) is 0. The molecular formula is C8H8NaO3P. The number of carbonyl (C=O) groups excluding carboxylic acids is 1. The number of hydrogen-bond acceptors (Lipinski definition) is 3. The van der Waals surface area contributed by atoms with Gasteiger partial charge in [0.15, 0.2) is 5.78 Å². The van der Waals surface area contributed by atoms with Gasteiger partial charge in [0.2, 0.25) is 0 Å². The summed E-state index contributed by atoms with van der Waals surface area (Å²) < 4.78 is 14.6. The van der Waals surface area contributed by atoms with E-state index >= 15 is 0 Å². The van der Waals surface area contributed by atoms with Crippen LogP contribution in [0.15, 0.2) is 24.3 Å². The van der Waals surface area contributed by atoms with Crippen molar-refractivity contribution in [2.24, 2.45) is 0 Å². The van der Waals surface area contributed by atoms with Gasteiger partial charge in [0.05, 0.1) is 0 Å². The number of carbonyl (C=O) groups is 1. The number of benzene rings is 1. The summed E-state index contributed by atoms with van der Waals surface area (Å²) >= 11 is 0. The van der Waals surface area contributed by atoms with E-state index in [1.807, 2.05) is 0 Å². The van der Waals surface area contributed by atoms with Crippen LogP contribution in [0.1, 0.15) is 17.3 Å². The van der Waals surface area contributed by atoms with Gasteiger partial charge in [-0.1, -0.05) is 0 Å². The summed E-state index contributed by atoms with van der Waals surface area (Å²) in [5, 5.41) is 0. The van der Waals surface area contributed by atoms with Gasteiger partial charge >= 0.3 is 38.2 Å². The molecule has 0 aromatic heterocycles. The second-order valence-corrected chi connectivity index (χ2v) is 2.58. The van der Waals surface area contributed by atoms with Crippen molar-refractivity contribution in [3.8, 4) is 5.75 Å². The molecule has 0 aliphatic carbocycles. The van der Waals surface area contributed by atoms with Crippen molar-refractivity contribution in [2.45, 2.75) is 6.92 Å². The van der Waals surface area contributed by atoms with Crippen molar-refractivity contribution >= 4 is 44.0 Å². The van der Waals surface area contributed by atoms with Gasteiger partial charge in [0, 0.05) is 5.56 Å². The molecule has 0 fully saturated rings. The van der Waals surface area contributed by atoms with Crippen LogP contribution in [0.4, 0.5) is 0 Å². The molecule has 0 bridgehead atoms. The molecule has 0 unspecified atom stereocenters. The van der Waals surface area contributed by atoms with Gasteiger partial charge < -0.3 is 4.52 Å². The molecule has 0 spiro atoms. The average molecular weight is 206 g/mol. The Balaban J connectivity index is 0.00000144. The fourth-order valence-corrected chi connectivity index (χ4v) is 1.00. The van der Waals surface area contributed by atoms with Crippen LogP contribution in [0, 0.1) is 0 Å². The Morgan fingerprint density at radius 1 is 1.31 bits per heavy atom. The Bertz CT molecular complexity index is 297. The molecule has 0 aliphatic heterocycles. The molecule has 0 atom stereocenters. The van der Waals surface area contributed by atoms with Crippen molar-refractivity contribution in [1.82, 2.24) is 0 Å². The zero-order chi connectivity index (χ0) is 8.97. The molecule has 13 heavy (non-hydrogen) atoms. The number of rotatable bonds is 3. The van der Waals surface area contributed by atoms with Crippen LogP contribution in [0.3, 0.4) is 0 Å². The maximum atomic E-state index is 10.8. The minimum absolute atomic E-state index is 0. The molecule has 0 amide bonds. The van der Waals surface area contributed by atoms with Crippen molar-refractivity contribution in [3.05, 3.63) is 29.8 Å². The predicted molar refractivity (Wildman–Crippen MR) is 51.8 cm³/mol. The third kappa shape index (κ3) is 4.01. The van der Waals surface area contributed by atoms with E-state index < -0.39 is 0 Å².